The Kier molecular flexibility index (Phi) is 9.27. The predicted octanol–water partition coefficient (Wildman–Crippen LogP) is 6.09. The Morgan fingerprint density at radius 2 is 1.78 bits per heavy atom. The number of nitrogens with one attached hydrogen (secondary N) is 1. The third-order valence-electron chi connectivity index (χ3n) is 5.75. The van der Waals surface area contributed by atoms with E-state index in [1.165, 1.54) is 12.1 Å². The number of unbranched alkanes of at least 4 members (excludes halogenated alkanes) is 1. The molecule has 6 nitrogen and oxygen atoms in total. The van der Waals surface area contributed by atoms with Crippen molar-refractivity contribution >= 4 is 22.8 Å². The highest BCUT2D eigenvalue weighted by molar-refractivity contribution is 5.94. The van der Waals surface area contributed by atoms with Crippen molar-refractivity contribution in [2.75, 3.05) is 13.2 Å². The van der Waals surface area contributed by atoms with Crippen LogP contribution in [-0.4, -0.2) is 41.3 Å². The number of carboxylic acid groups (broad SMARTS) is 1. The third-order valence-corrected chi connectivity index (χ3v) is 5.75. The molecule has 9 heteroatoms. The molecule has 1 atom stereocenters. The maximum atomic E-state index is 13.1. The second-order valence-electron chi connectivity index (χ2n) is 8.53. The topological polar surface area (TPSA) is 88.5 Å². The average molecular weight is 503 g/mol. The largest absolute Gasteiger partial charge is 0.481 e. The standard InChI is InChI=1S/C27H29F3N2O4/c1-2-3-16-36-24-11-9-21-17-20(8-10-23(21)32-24)22(12-14-27(28,29)30)18-4-6-19(7-5-18)26(35)31-15-13-25(33)34/h4-11,17,22H,2-3,12-16H2,1H3,(H,31,35)(H,33,34). The van der Waals surface area contributed by atoms with E-state index >= 15 is 0 Å². The summed E-state index contributed by atoms with van der Waals surface area (Å²) in [6.07, 6.45) is -3.67. The minimum atomic E-state index is -4.30. The van der Waals surface area contributed by atoms with Crippen molar-refractivity contribution in [3.05, 3.63) is 71.3 Å². The van der Waals surface area contributed by atoms with Gasteiger partial charge in [-0.25, -0.2) is 4.98 Å². The van der Waals surface area contributed by atoms with Gasteiger partial charge in [-0.2, -0.15) is 13.2 Å². The molecule has 1 heterocycles. The lowest BCUT2D eigenvalue weighted by Crippen LogP contribution is -2.25. The van der Waals surface area contributed by atoms with Gasteiger partial charge in [0.25, 0.3) is 5.91 Å². The lowest BCUT2D eigenvalue weighted by molar-refractivity contribution is -0.137. The number of fused-ring (bicyclic) bond motifs is 1. The molecule has 0 bridgehead atoms. The van der Waals surface area contributed by atoms with Gasteiger partial charge < -0.3 is 15.2 Å². The third kappa shape index (κ3) is 7.96. The van der Waals surface area contributed by atoms with Crippen LogP contribution >= 0.6 is 0 Å². The Labute approximate surface area is 207 Å². The maximum Gasteiger partial charge on any atom is 0.389 e. The number of carbonyl (C=O) groups excluding carboxylic acids is 1. The van der Waals surface area contributed by atoms with Gasteiger partial charge in [-0.15, -0.1) is 0 Å². The molecule has 36 heavy (non-hydrogen) atoms. The summed E-state index contributed by atoms with van der Waals surface area (Å²) in [5.41, 5.74) is 2.35. The van der Waals surface area contributed by atoms with E-state index in [9.17, 15) is 22.8 Å². The van der Waals surface area contributed by atoms with Gasteiger partial charge in [-0.1, -0.05) is 31.5 Å². The van der Waals surface area contributed by atoms with E-state index in [0.29, 0.717) is 34.7 Å². The molecule has 0 aliphatic rings. The van der Waals surface area contributed by atoms with Crippen molar-refractivity contribution in [1.29, 1.82) is 0 Å². The Morgan fingerprint density at radius 1 is 1.06 bits per heavy atom. The summed E-state index contributed by atoms with van der Waals surface area (Å²) in [4.78, 5) is 27.3. The second-order valence-corrected chi connectivity index (χ2v) is 8.53. The minimum Gasteiger partial charge on any atom is -0.481 e. The van der Waals surface area contributed by atoms with Crippen molar-refractivity contribution in [2.45, 2.75) is 51.1 Å². The first kappa shape index (κ1) is 27.0. The fourth-order valence-electron chi connectivity index (χ4n) is 3.83. The van der Waals surface area contributed by atoms with E-state index in [-0.39, 0.29) is 19.4 Å². The first-order valence-corrected chi connectivity index (χ1v) is 11.9. The van der Waals surface area contributed by atoms with E-state index in [2.05, 4.69) is 17.2 Å². The van der Waals surface area contributed by atoms with Gasteiger partial charge in [0.15, 0.2) is 0 Å². The number of hydrogen-bond acceptors (Lipinski definition) is 4. The molecule has 0 aliphatic heterocycles. The Balaban J connectivity index is 1.83. The van der Waals surface area contributed by atoms with Gasteiger partial charge in [0, 0.05) is 35.9 Å². The Morgan fingerprint density at radius 3 is 2.44 bits per heavy atom. The monoisotopic (exact) mass is 502 g/mol. The molecular weight excluding hydrogens is 473 g/mol. The number of alkyl halides is 3. The van der Waals surface area contributed by atoms with Gasteiger partial charge in [0.1, 0.15) is 0 Å². The summed E-state index contributed by atoms with van der Waals surface area (Å²) in [6, 6.07) is 15.3. The van der Waals surface area contributed by atoms with Crippen molar-refractivity contribution in [1.82, 2.24) is 10.3 Å². The lowest BCUT2D eigenvalue weighted by Gasteiger charge is -2.20. The number of carboxylic acids is 1. The normalized spacial score (nSPS) is 12.3. The Bertz CT molecular complexity index is 1180. The number of pyridine rings is 1. The number of aliphatic carboxylic acids is 1. The minimum absolute atomic E-state index is 0.0133. The van der Waals surface area contributed by atoms with Crippen LogP contribution in [0.2, 0.25) is 0 Å². The van der Waals surface area contributed by atoms with Crippen molar-refractivity contribution in [3.63, 3.8) is 0 Å². The van der Waals surface area contributed by atoms with E-state index in [0.717, 1.165) is 18.2 Å². The smallest absolute Gasteiger partial charge is 0.389 e. The molecule has 2 N–H and O–H groups in total. The van der Waals surface area contributed by atoms with Gasteiger partial charge in [-0.05, 0) is 54.3 Å². The molecular formula is C27H29F3N2O4. The highest BCUT2D eigenvalue weighted by Gasteiger charge is 2.29. The van der Waals surface area contributed by atoms with Gasteiger partial charge in [0.2, 0.25) is 5.88 Å². The molecule has 1 aromatic heterocycles. The maximum absolute atomic E-state index is 13.1. The van der Waals surface area contributed by atoms with Crippen LogP contribution in [-0.2, 0) is 4.79 Å². The van der Waals surface area contributed by atoms with Crippen LogP contribution in [0.4, 0.5) is 13.2 Å². The summed E-state index contributed by atoms with van der Waals surface area (Å²) >= 11 is 0. The first-order chi connectivity index (χ1) is 17.2. The first-order valence-electron chi connectivity index (χ1n) is 11.9. The molecule has 0 spiro atoms. The zero-order valence-electron chi connectivity index (χ0n) is 20.0. The molecule has 1 unspecified atom stereocenters. The molecule has 0 saturated heterocycles. The molecule has 2 aromatic carbocycles. The lowest BCUT2D eigenvalue weighted by atomic mass is 9.86. The number of halogens is 3. The van der Waals surface area contributed by atoms with Crippen molar-refractivity contribution < 1.29 is 32.6 Å². The molecule has 0 aliphatic carbocycles. The predicted molar refractivity (Wildman–Crippen MR) is 130 cm³/mol. The van der Waals surface area contributed by atoms with Crippen LogP contribution in [0, 0.1) is 0 Å². The zero-order valence-corrected chi connectivity index (χ0v) is 20.0. The SMILES string of the molecule is CCCCOc1ccc2cc(C(CCC(F)(F)F)c3ccc(C(=O)NCCC(=O)O)cc3)ccc2n1. The number of nitrogens with zero attached hydrogens (tertiary/aromatic N) is 1. The van der Waals surface area contributed by atoms with Gasteiger partial charge >= 0.3 is 12.1 Å². The summed E-state index contributed by atoms with van der Waals surface area (Å²) in [6.45, 7) is 2.62. The van der Waals surface area contributed by atoms with E-state index in [1.807, 2.05) is 12.1 Å². The number of ether oxygens (including phenoxy) is 1. The summed E-state index contributed by atoms with van der Waals surface area (Å²) in [5, 5.41) is 12.0. The molecule has 0 fully saturated rings. The van der Waals surface area contributed by atoms with Crippen LogP contribution in [0.1, 0.15) is 66.4 Å². The molecule has 0 radical (unpaired) electrons. The second kappa shape index (κ2) is 12.4. The summed E-state index contributed by atoms with van der Waals surface area (Å²) in [7, 11) is 0. The average Bonchev–Trinajstić information content (AvgIpc) is 2.83. The fourth-order valence-corrected chi connectivity index (χ4v) is 3.83. The summed E-state index contributed by atoms with van der Waals surface area (Å²) < 4.78 is 44.9. The fraction of sp³-hybridized carbons (Fsp3) is 0.370. The number of hydrogen-bond donors (Lipinski definition) is 2. The molecule has 0 saturated carbocycles. The van der Waals surface area contributed by atoms with Crippen molar-refractivity contribution in [3.8, 4) is 5.88 Å². The number of amides is 1. The van der Waals surface area contributed by atoms with Gasteiger partial charge in [0.05, 0.1) is 18.5 Å². The van der Waals surface area contributed by atoms with Crippen LogP contribution in [0.25, 0.3) is 10.9 Å². The van der Waals surface area contributed by atoms with Crippen LogP contribution in [0.15, 0.2) is 54.6 Å². The number of aromatic nitrogens is 1. The summed E-state index contributed by atoms with van der Waals surface area (Å²) in [5.74, 6) is -1.50. The molecule has 192 valence electrons. The van der Waals surface area contributed by atoms with Gasteiger partial charge in [-0.3, -0.25) is 9.59 Å². The van der Waals surface area contributed by atoms with Crippen LogP contribution in [0.5, 0.6) is 5.88 Å². The highest BCUT2D eigenvalue weighted by atomic mass is 19.4. The van der Waals surface area contributed by atoms with Crippen LogP contribution < -0.4 is 10.1 Å². The number of rotatable bonds is 12. The Hall–Kier alpha value is -3.62. The zero-order chi connectivity index (χ0) is 26.1. The van der Waals surface area contributed by atoms with Crippen LogP contribution in [0.3, 0.4) is 0 Å². The quantitative estimate of drug-likeness (QED) is 0.293. The molecule has 1 amide bonds. The van der Waals surface area contributed by atoms with E-state index < -0.39 is 30.4 Å². The molecule has 3 aromatic rings. The van der Waals surface area contributed by atoms with Crippen molar-refractivity contribution in [2.24, 2.45) is 0 Å². The number of benzene rings is 2. The van der Waals surface area contributed by atoms with E-state index in [1.54, 1.807) is 30.3 Å². The highest BCUT2D eigenvalue weighted by Crippen LogP contribution is 2.35. The number of carbonyl (C=O) groups is 2. The molecule has 3 rings (SSSR count). The van der Waals surface area contributed by atoms with E-state index in [4.69, 9.17) is 9.84 Å².